The number of ether oxygens (including phenoxy) is 1. The van der Waals surface area contributed by atoms with Gasteiger partial charge in [-0.25, -0.2) is 9.97 Å². The molecule has 32 heavy (non-hydrogen) atoms. The van der Waals surface area contributed by atoms with Gasteiger partial charge in [-0.05, 0) is 38.8 Å². The number of likely N-dealkylation sites (tertiary alicyclic amines) is 1. The van der Waals surface area contributed by atoms with Crippen LogP contribution in [0.25, 0.3) is 0 Å². The Balaban J connectivity index is 1.36. The predicted octanol–water partition coefficient (Wildman–Crippen LogP) is 2.00. The SMILES string of the molecule is Cc1nc(C2CCN(C(=O)CN(C)C(=O)c3ccco3)CC2)nc(N2CCOCC2)c1C. The third kappa shape index (κ3) is 4.77. The van der Waals surface area contributed by atoms with Gasteiger partial charge in [0.15, 0.2) is 5.76 Å². The first kappa shape index (κ1) is 22.3. The molecule has 2 aromatic rings. The molecule has 0 N–H and O–H groups in total. The molecule has 0 aromatic carbocycles. The molecule has 9 heteroatoms. The molecular formula is C23H31N5O4. The molecular weight excluding hydrogens is 410 g/mol. The Labute approximate surface area is 188 Å². The van der Waals surface area contributed by atoms with E-state index in [2.05, 4.69) is 11.8 Å². The highest BCUT2D eigenvalue weighted by atomic mass is 16.5. The average molecular weight is 442 g/mol. The maximum Gasteiger partial charge on any atom is 0.289 e. The smallest absolute Gasteiger partial charge is 0.289 e. The number of carbonyl (C=O) groups is 2. The first-order valence-electron chi connectivity index (χ1n) is 11.2. The van der Waals surface area contributed by atoms with Crippen molar-refractivity contribution >= 4 is 17.6 Å². The summed E-state index contributed by atoms with van der Waals surface area (Å²) in [5, 5.41) is 0. The van der Waals surface area contributed by atoms with Crippen molar-refractivity contribution in [3.63, 3.8) is 0 Å². The van der Waals surface area contributed by atoms with Crippen LogP contribution in [0.2, 0.25) is 0 Å². The van der Waals surface area contributed by atoms with Gasteiger partial charge in [0.25, 0.3) is 5.91 Å². The van der Waals surface area contributed by atoms with Gasteiger partial charge in [0, 0.05) is 50.4 Å². The maximum absolute atomic E-state index is 12.7. The maximum atomic E-state index is 12.7. The minimum absolute atomic E-state index is 0.0333. The molecule has 172 valence electrons. The molecule has 2 aliphatic rings. The lowest BCUT2D eigenvalue weighted by molar-refractivity contribution is -0.132. The Hall–Kier alpha value is -2.94. The van der Waals surface area contributed by atoms with Crippen LogP contribution in [0.15, 0.2) is 22.8 Å². The molecule has 0 unspecified atom stereocenters. The van der Waals surface area contributed by atoms with Gasteiger partial charge in [-0.2, -0.15) is 0 Å². The molecule has 0 aliphatic carbocycles. The normalized spacial score (nSPS) is 17.5. The fraction of sp³-hybridized carbons (Fsp3) is 0.565. The second-order valence-electron chi connectivity index (χ2n) is 8.51. The molecule has 2 aliphatic heterocycles. The number of morpholine rings is 1. The van der Waals surface area contributed by atoms with Crippen molar-refractivity contribution in [2.75, 3.05) is 57.9 Å². The quantitative estimate of drug-likeness (QED) is 0.701. The minimum Gasteiger partial charge on any atom is -0.459 e. The number of hydrogen-bond donors (Lipinski definition) is 0. The number of rotatable bonds is 5. The number of furan rings is 1. The van der Waals surface area contributed by atoms with Crippen molar-refractivity contribution < 1.29 is 18.7 Å². The van der Waals surface area contributed by atoms with Gasteiger partial charge >= 0.3 is 0 Å². The van der Waals surface area contributed by atoms with Gasteiger partial charge in [-0.3, -0.25) is 9.59 Å². The van der Waals surface area contributed by atoms with Crippen LogP contribution in [0.1, 0.15) is 46.4 Å². The summed E-state index contributed by atoms with van der Waals surface area (Å²) in [5.41, 5.74) is 2.13. The van der Waals surface area contributed by atoms with E-state index in [1.165, 1.54) is 11.2 Å². The van der Waals surface area contributed by atoms with E-state index >= 15 is 0 Å². The number of nitrogens with zero attached hydrogens (tertiary/aromatic N) is 5. The molecule has 4 heterocycles. The van der Waals surface area contributed by atoms with Crippen LogP contribution in [0.3, 0.4) is 0 Å². The summed E-state index contributed by atoms with van der Waals surface area (Å²) in [7, 11) is 1.62. The Morgan fingerprint density at radius 1 is 1.12 bits per heavy atom. The third-order valence-corrected chi connectivity index (χ3v) is 6.36. The van der Waals surface area contributed by atoms with Crippen LogP contribution in [0, 0.1) is 13.8 Å². The molecule has 0 spiro atoms. The van der Waals surface area contributed by atoms with Crippen LogP contribution in [-0.2, 0) is 9.53 Å². The molecule has 0 bridgehead atoms. The fourth-order valence-corrected chi connectivity index (χ4v) is 4.25. The lowest BCUT2D eigenvalue weighted by Crippen LogP contribution is -2.44. The third-order valence-electron chi connectivity index (χ3n) is 6.36. The Kier molecular flexibility index (Phi) is 6.74. The van der Waals surface area contributed by atoms with Gasteiger partial charge in [0.2, 0.25) is 5.91 Å². The van der Waals surface area contributed by atoms with E-state index in [1.54, 1.807) is 19.2 Å². The first-order chi connectivity index (χ1) is 15.4. The van der Waals surface area contributed by atoms with Crippen molar-refractivity contribution in [2.24, 2.45) is 0 Å². The summed E-state index contributed by atoms with van der Waals surface area (Å²) >= 11 is 0. The van der Waals surface area contributed by atoms with Gasteiger partial charge in [-0.1, -0.05) is 0 Å². The first-order valence-corrected chi connectivity index (χ1v) is 11.2. The summed E-state index contributed by atoms with van der Waals surface area (Å²) in [6.45, 7) is 8.53. The number of amides is 2. The predicted molar refractivity (Wildman–Crippen MR) is 119 cm³/mol. The lowest BCUT2D eigenvalue weighted by atomic mass is 9.95. The summed E-state index contributed by atoms with van der Waals surface area (Å²) in [6, 6.07) is 3.26. The zero-order chi connectivity index (χ0) is 22.7. The van der Waals surface area contributed by atoms with Crippen molar-refractivity contribution in [2.45, 2.75) is 32.6 Å². The van der Waals surface area contributed by atoms with E-state index < -0.39 is 0 Å². The van der Waals surface area contributed by atoms with Crippen molar-refractivity contribution in [1.29, 1.82) is 0 Å². The molecule has 2 aromatic heterocycles. The van der Waals surface area contributed by atoms with Crippen LogP contribution in [0.4, 0.5) is 5.82 Å². The van der Waals surface area contributed by atoms with Crippen LogP contribution >= 0.6 is 0 Å². The number of likely N-dealkylation sites (N-methyl/N-ethyl adjacent to an activating group) is 1. The highest BCUT2D eigenvalue weighted by Gasteiger charge is 2.28. The summed E-state index contributed by atoms with van der Waals surface area (Å²) in [5.74, 6) is 1.99. The molecule has 2 fully saturated rings. The standard InChI is InChI=1S/C23H31N5O4/c1-16-17(2)24-21(25-22(16)28-10-13-31-14-11-28)18-6-8-27(9-7-18)20(29)15-26(3)23(30)19-5-4-12-32-19/h4-5,12,18H,6-11,13-15H2,1-3H3. The summed E-state index contributed by atoms with van der Waals surface area (Å²) in [4.78, 5) is 40.3. The van der Waals surface area contributed by atoms with E-state index in [0.29, 0.717) is 13.1 Å². The number of piperidine rings is 1. The Morgan fingerprint density at radius 3 is 2.50 bits per heavy atom. The monoisotopic (exact) mass is 441 g/mol. The fourth-order valence-electron chi connectivity index (χ4n) is 4.25. The zero-order valence-corrected chi connectivity index (χ0v) is 19.0. The Bertz CT molecular complexity index is 948. The second-order valence-corrected chi connectivity index (χ2v) is 8.51. The van der Waals surface area contributed by atoms with Crippen LogP contribution in [-0.4, -0.2) is 84.6 Å². The van der Waals surface area contributed by atoms with E-state index in [1.807, 2.05) is 11.8 Å². The van der Waals surface area contributed by atoms with Crippen LogP contribution < -0.4 is 4.90 Å². The van der Waals surface area contributed by atoms with E-state index in [4.69, 9.17) is 19.1 Å². The summed E-state index contributed by atoms with van der Waals surface area (Å²) in [6.07, 6.45) is 3.08. The van der Waals surface area contributed by atoms with Gasteiger partial charge < -0.3 is 23.9 Å². The van der Waals surface area contributed by atoms with E-state index in [9.17, 15) is 9.59 Å². The van der Waals surface area contributed by atoms with E-state index in [0.717, 1.165) is 62.0 Å². The molecule has 9 nitrogen and oxygen atoms in total. The molecule has 0 radical (unpaired) electrons. The topological polar surface area (TPSA) is 92.0 Å². The number of aryl methyl sites for hydroxylation is 1. The average Bonchev–Trinajstić information content (AvgIpc) is 3.36. The second kappa shape index (κ2) is 9.68. The van der Waals surface area contributed by atoms with Crippen LogP contribution in [0.5, 0.6) is 0 Å². The Morgan fingerprint density at radius 2 is 1.84 bits per heavy atom. The van der Waals surface area contributed by atoms with Gasteiger partial charge in [0.1, 0.15) is 11.6 Å². The van der Waals surface area contributed by atoms with Crippen molar-refractivity contribution in [1.82, 2.24) is 19.8 Å². The number of carbonyl (C=O) groups excluding carboxylic acids is 2. The van der Waals surface area contributed by atoms with Crippen molar-refractivity contribution in [3.05, 3.63) is 41.2 Å². The summed E-state index contributed by atoms with van der Waals surface area (Å²) < 4.78 is 10.6. The van der Waals surface area contributed by atoms with Gasteiger partial charge in [-0.15, -0.1) is 0 Å². The number of hydrogen-bond acceptors (Lipinski definition) is 7. The molecule has 0 atom stereocenters. The lowest BCUT2D eigenvalue weighted by Gasteiger charge is -2.33. The van der Waals surface area contributed by atoms with Crippen molar-refractivity contribution in [3.8, 4) is 0 Å². The molecule has 0 saturated carbocycles. The highest BCUT2D eigenvalue weighted by Crippen LogP contribution is 2.29. The largest absolute Gasteiger partial charge is 0.459 e. The molecule has 2 amide bonds. The zero-order valence-electron chi connectivity index (χ0n) is 19.0. The number of aromatic nitrogens is 2. The number of anilines is 1. The minimum atomic E-state index is -0.294. The molecule has 4 rings (SSSR count). The van der Waals surface area contributed by atoms with E-state index in [-0.39, 0.29) is 30.0 Å². The molecule has 2 saturated heterocycles. The van der Waals surface area contributed by atoms with Gasteiger partial charge in [0.05, 0.1) is 26.0 Å². The highest BCUT2D eigenvalue weighted by molar-refractivity contribution is 5.94.